The second kappa shape index (κ2) is 9.26. The second-order valence-corrected chi connectivity index (χ2v) is 7.16. The summed E-state index contributed by atoms with van der Waals surface area (Å²) in [5.41, 5.74) is 0. The molecular formula is C18H31NO4. The maximum absolute atomic E-state index is 12.5. The van der Waals surface area contributed by atoms with Crippen molar-refractivity contribution in [2.45, 2.75) is 70.8 Å². The fourth-order valence-corrected chi connectivity index (χ4v) is 3.89. The fourth-order valence-electron chi connectivity index (χ4n) is 3.89. The van der Waals surface area contributed by atoms with Gasteiger partial charge in [0, 0.05) is 18.4 Å². The molecule has 0 aromatic rings. The van der Waals surface area contributed by atoms with Crippen LogP contribution in [0.1, 0.15) is 64.7 Å². The number of ether oxygens (including phenoxy) is 1. The molecule has 1 aliphatic carbocycles. The normalized spacial score (nSPS) is 29.7. The molecule has 0 spiro atoms. The van der Waals surface area contributed by atoms with Gasteiger partial charge in [-0.25, -0.2) is 4.79 Å². The van der Waals surface area contributed by atoms with E-state index in [1.165, 1.54) is 19.3 Å². The molecule has 2 atom stereocenters. The highest BCUT2D eigenvalue weighted by atomic mass is 16.5. The number of carboxylic acids is 1. The second-order valence-electron chi connectivity index (χ2n) is 7.16. The summed E-state index contributed by atoms with van der Waals surface area (Å²) in [6.45, 7) is 3.33. The smallest absolute Gasteiger partial charge is 0.326 e. The maximum Gasteiger partial charge on any atom is 0.326 e. The Balaban J connectivity index is 1.81. The first-order valence-electron chi connectivity index (χ1n) is 9.22. The van der Waals surface area contributed by atoms with Gasteiger partial charge in [-0.05, 0) is 44.4 Å². The van der Waals surface area contributed by atoms with E-state index >= 15 is 0 Å². The lowest BCUT2D eigenvalue weighted by molar-refractivity contribution is -0.146. The van der Waals surface area contributed by atoms with Crippen LogP contribution in [-0.4, -0.2) is 36.2 Å². The summed E-state index contributed by atoms with van der Waals surface area (Å²) < 4.78 is 5.38. The van der Waals surface area contributed by atoms with Crippen molar-refractivity contribution in [2.75, 3.05) is 13.2 Å². The average molecular weight is 325 g/mol. The lowest BCUT2D eigenvalue weighted by atomic mass is 9.79. The molecule has 0 bridgehead atoms. The van der Waals surface area contributed by atoms with E-state index in [1.807, 2.05) is 0 Å². The van der Waals surface area contributed by atoms with E-state index in [1.54, 1.807) is 0 Å². The van der Waals surface area contributed by atoms with Gasteiger partial charge < -0.3 is 15.2 Å². The zero-order valence-electron chi connectivity index (χ0n) is 14.3. The number of carbonyl (C=O) groups excluding carboxylic acids is 1. The highest BCUT2D eigenvalue weighted by molar-refractivity contribution is 5.85. The number of unbranched alkanes of at least 4 members (excludes halogenated alkanes) is 1. The Labute approximate surface area is 139 Å². The zero-order chi connectivity index (χ0) is 16.7. The molecule has 2 aliphatic rings. The molecule has 1 saturated carbocycles. The van der Waals surface area contributed by atoms with Gasteiger partial charge >= 0.3 is 5.97 Å². The van der Waals surface area contributed by atoms with Crippen LogP contribution >= 0.6 is 0 Å². The maximum atomic E-state index is 12.5. The van der Waals surface area contributed by atoms with Gasteiger partial charge in [0.25, 0.3) is 0 Å². The van der Waals surface area contributed by atoms with Crippen molar-refractivity contribution >= 4 is 11.9 Å². The molecule has 132 valence electrons. The van der Waals surface area contributed by atoms with Gasteiger partial charge in [0.15, 0.2) is 0 Å². The van der Waals surface area contributed by atoms with Gasteiger partial charge in [0.1, 0.15) is 6.04 Å². The highest BCUT2D eigenvalue weighted by Gasteiger charge is 2.34. The SMILES string of the molecule is CCCCC1CCC(C(=O)NC(C(=O)O)C2CCCOC2)CC1. The lowest BCUT2D eigenvalue weighted by Gasteiger charge is -2.31. The van der Waals surface area contributed by atoms with Crippen molar-refractivity contribution in [3.63, 3.8) is 0 Å². The van der Waals surface area contributed by atoms with E-state index in [0.717, 1.165) is 44.4 Å². The fraction of sp³-hybridized carbons (Fsp3) is 0.889. The van der Waals surface area contributed by atoms with Crippen LogP contribution in [0.3, 0.4) is 0 Å². The van der Waals surface area contributed by atoms with Crippen molar-refractivity contribution in [1.82, 2.24) is 5.32 Å². The van der Waals surface area contributed by atoms with E-state index < -0.39 is 12.0 Å². The molecule has 23 heavy (non-hydrogen) atoms. The summed E-state index contributed by atoms with van der Waals surface area (Å²) >= 11 is 0. The molecule has 2 unspecified atom stereocenters. The molecule has 0 aromatic heterocycles. The van der Waals surface area contributed by atoms with Crippen LogP contribution in [-0.2, 0) is 14.3 Å². The molecule has 1 saturated heterocycles. The zero-order valence-corrected chi connectivity index (χ0v) is 14.3. The lowest BCUT2D eigenvalue weighted by Crippen LogP contribution is -2.50. The minimum atomic E-state index is -0.939. The molecule has 1 amide bonds. The largest absolute Gasteiger partial charge is 0.480 e. The van der Waals surface area contributed by atoms with Crippen molar-refractivity contribution in [3.8, 4) is 0 Å². The Hall–Kier alpha value is -1.10. The molecule has 0 radical (unpaired) electrons. The standard InChI is InChI=1S/C18H31NO4/c1-2-3-5-13-7-9-14(10-8-13)17(20)19-16(18(21)22)15-6-4-11-23-12-15/h13-16H,2-12H2,1H3,(H,19,20)(H,21,22). The summed E-state index contributed by atoms with van der Waals surface area (Å²) in [6, 6.07) is -0.805. The summed E-state index contributed by atoms with van der Waals surface area (Å²) in [6.07, 6.45) is 9.43. The Morgan fingerprint density at radius 3 is 2.52 bits per heavy atom. The number of hydrogen-bond acceptors (Lipinski definition) is 3. The van der Waals surface area contributed by atoms with E-state index in [4.69, 9.17) is 4.74 Å². The Morgan fingerprint density at radius 1 is 1.22 bits per heavy atom. The van der Waals surface area contributed by atoms with Gasteiger partial charge in [0.2, 0.25) is 5.91 Å². The third-order valence-corrected chi connectivity index (χ3v) is 5.41. The van der Waals surface area contributed by atoms with Crippen molar-refractivity contribution in [3.05, 3.63) is 0 Å². The number of amides is 1. The van der Waals surface area contributed by atoms with E-state index in [9.17, 15) is 14.7 Å². The molecule has 2 rings (SSSR count). The van der Waals surface area contributed by atoms with Crippen molar-refractivity contribution in [1.29, 1.82) is 0 Å². The number of hydrogen-bond donors (Lipinski definition) is 2. The monoisotopic (exact) mass is 325 g/mol. The first-order valence-corrected chi connectivity index (χ1v) is 9.22. The summed E-state index contributed by atoms with van der Waals surface area (Å²) in [4.78, 5) is 24.0. The molecule has 2 fully saturated rings. The van der Waals surface area contributed by atoms with Crippen LogP contribution in [0, 0.1) is 17.8 Å². The predicted octanol–water partition coefficient (Wildman–Crippen LogP) is 2.98. The molecular weight excluding hydrogens is 294 g/mol. The first kappa shape index (κ1) is 18.2. The predicted molar refractivity (Wildman–Crippen MR) is 88.1 cm³/mol. The molecule has 1 heterocycles. The minimum Gasteiger partial charge on any atom is -0.480 e. The van der Waals surface area contributed by atoms with Gasteiger partial charge in [-0.2, -0.15) is 0 Å². The Bertz CT molecular complexity index is 384. The number of carboxylic acid groups (broad SMARTS) is 1. The minimum absolute atomic E-state index is 0.0146. The van der Waals surface area contributed by atoms with Gasteiger partial charge in [-0.15, -0.1) is 0 Å². The summed E-state index contributed by atoms with van der Waals surface area (Å²) in [5.74, 6) is -0.381. The number of carbonyl (C=O) groups is 2. The first-order chi connectivity index (χ1) is 11.1. The van der Waals surface area contributed by atoms with Gasteiger partial charge in [-0.1, -0.05) is 26.2 Å². The van der Waals surface area contributed by atoms with Crippen LogP contribution in [0.15, 0.2) is 0 Å². The van der Waals surface area contributed by atoms with Crippen LogP contribution in [0.5, 0.6) is 0 Å². The number of nitrogens with one attached hydrogen (secondary N) is 1. The highest BCUT2D eigenvalue weighted by Crippen LogP contribution is 2.32. The van der Waals surface area contributed by atoms with Crippen molar-refractivity contribution < 1.29 is 19.4 Å². The van der Waals surface area contributed by atoms with Crippen LogP contribution < -0.4 is 5.32 Å². The van der Waals surface area contributed by atoms with Crippen LogP contribution in [0.4, 0.5) is 0 Å². The summed E-state index contributed by atoms with van der Waals surface area (Å²) in [5, 5.41) is 12.2. The van der Waals surface area contributed by atoms with E-state index in [0.29, 0.717) is 13.2 Å². The molecule has 0 aromatic carbocycles. The average Bonchev–Trinajstić information content (AvgIpc) is 2.58. The van der Waals surface area contributed by atoms with Crippen LogP contribution in [0.2, 0.25) is 0 Å². The third-order valence-electron chi connectivity index (χ3n) is 5.41. The molecule has 1 aliphatic heterocycles. The molecule has 5 nitrogen and oxygen atoms in total. The van der Waals surface area contributed by atoms with Crippen LogP contribution in [0.25, 0.3) is 0 Å². The molecule has 2 N–H and O–H groups in total. The topological polar surface area (TPSA) is 75.6 Å². The third kappa shape index (κ3) is 5.48. The Kier molecular flexibility index (Phi) is 7.34. The molecule has 5 heteroatoms. The number of rotatable bonds is 7. The summed E-state index contributed by atoms with van der Waals surface area (Å²) in [7, 11) is 0. The van der Waals surface area contributed by atoms with E-state index in [-0.39, 0.29) is 17.7 Å². The van der Waals surface area contributed by atoms with Gasteiger partial charge in [0.05, 0.1) is 6.61 Å². The van der Waals surface area contributed by atoms with E-state index in [2.05, 4.69) is 12.2 Å². The quantitative estimate of drug-likeness (QED) is 0.754. The Morgan fingerprint density at radius 2 is 1.96 bits per heavy atom. The number of aliphatic carboxylic acids is 1. The van der Waals surface area contributed by atoms with Crippen molar-refractivity contribution in [2.24, 2.45) is 17.8 Å². The van der Waals surface area contributed by atoms with Gasteiger partial charge in [-0.3, -0.25) is 4.79 Å².